The highest BCUT2D eigenvalue weighted by atomic mass is 16.5. The highest BCUT2D eigenvalue weighted by Crippen LogP contribution is 2.29. The monoisotopic (exact) mass is 353 g/mol. The van der Waals surface area contributed by atoms with Gasteiger partial charge in [0, 0.05) is 12.3 Å². The van der Waals surface area contributed by atoms with Crippen molar-refractivity contribution < 1.29 is 19.1 Å². The summed E-state index contributed by atoms with van der Waals surface area (Å²) in [6.45, 7) is 4.74. The third-order valence-corrected chi connectivity index (χ3v) is 3.93. The molecule has 0 aliphatic carbocycles. The fourth-order valence-corrected chi connectivity index (χ4v) is 2.50. The predicted octanol–water partition coefficient (Wildman–Crippen LogP) is 3.98. The summed E-state index contributed by atoms with van der Waals surface area (Å²) >= 11 is 0. The van der Waals surface area contributed by atoms with Crippen LogP contribution in [0.3, 0.4) is 0 Å². The molecule has 1 aromatic carbocycles. The largest absolute Gasteiger partial charge is 0.491 e. The van der Waals surface area contributed by atoms with E-state index in [1.165, 1.54) is 24.3 Å². The van der Waals surface area contributed by atoms with Crippen molar-refractivity contribution in [1.82, 2.24) is 4.98 Å². The van der Waals surface area contributed by atoms with Gasteiger partial charge in [0.1, 0.15) is 17.0 Å². The molecule has 0 aliphatic rings. The molecule has 0 aliphatic heterocycles. The second-order valence-corrected chi connectivity index (χ2v) is 6.37. The van der Waals surface area contributed by atoms with Crippen LogP contribution in [0.2, 0.25) is 0 Å². The number of pyridine rings is 1. The number of ether oxygens (including phenoxy) is 1. The molecule has 6 heteroatoms. The van der Waals surface area contributed by atoms with Crippen LogP contribution in [0.5, 0.6) is 5.75 Å². The summed E-state index contributed by atoms with van der Waals surface area (Å²) in [6, 6.07) is 9.02. The fraction of sp³-hybridized carbons (Fsp3) is 0.250. The van der Waals surface area contributed by atoms with E-state index < -0.39 is 5.97 Å². The Bertz CT molecular complexity index is 1010. The summed E-state index contributed by atoms with van der Waals surface area (Å²) in [5.74, 6) is 0.175. The summed E-state index contributed by atoms with van der Waals surface area (Å²) in [7, 11) is 0. The molecule has 0 saturated carbocycles. The van der Waals surface area contributed by atoms with Crippen molar-refractivity contribution in [3.63, 3.8) is 0 Å². The molecule has 2 heterocycles. The Kier molecular flexibility index (Phi) is 5.02. The van der Waals surface area contributed by atoms with Crippen LogP contribution in [-0.2, 0) is 0 Å². The number of aromatic nitrogens is 1. The highest BCUT2D eigenvalue weighted by Gasteiger charge is 2.14. The number of fused-ring (bicyclic) bond motifs is 1. The highest BCUT2D eigenvalue weighted by molar-refractivity contribution is 5.92. The Hall–Kier alpha value is -3.15. The third-order valence-electron chi connectivity index (χ3n) is 3.93. The number of carboxylic acid groups (broad SMARTS) is 1. The molecule has 0 unspecified atom stereocenters. The van der Waals surface area contributed by atoms with E-state index in [0.717, 1.165) is 6.42 Å². The van der Waals surface area contributed by atoms with Gasteiger partial charge in [-0.3, -0.25) is 4.79 Å². The normalized spacial score (nSPS) is 11.0. The van der Waals surface area contributed by atoms with Gasteiger partial charge in [0.05, 0.1) is 17.6 Å². The lowest BCUT2D eigenvalue weighted by atomic mass is 10.1. The lowest BCUT2D eigenvalue weighted by Crippen LogP contribution is -2.05. The van der Waals surface area contributed by atoms with Crippen LogP contribution >= 0.6 is 0 Å². The summed E-state index contributed by atoms with van der Waals surface area (Å²) < 4.78 is 11.6. The van der Waals surface area contributed by atoms with E-state index in [-0.39, 0.29) is 22.3 Å². The van der Waals surface area contributed by atoms with Gasteiger partial charge in [0.25, 0.3) is 0 Å². The van der Waals surface area contributed by atoms with Gasteiger partial charge in [-0.05, 0) is 42.7 Å². The van der Waals surface area contributed by atoms with Gasteiger partial charge >= 0.3 is 5.97 Å². The maximum atomic E-state index is 12.4. The zero-order valence-corrected chi connectivity index (χ0v) is 14.6. The number of carbonyl (C=O) groups is 1. The van der Waals surface area contributed by atoms with E-state index in [1.54, 1.807) is 18.3 Å². The van der Waals surface area contributed by atoms with E-state index in [9.17, 15) is 9.59 Å². The lowest BCUT2D eigenvalue weighted by Gasteiger charge is -2.11. The van der Waals surface area contributed by atoms with Gasteiger partial charge in [0.15, 0.2) is 11.2 Å². The standard InChI is InChI=1S/C20H19NO5/c1-12(2)7-9-25-16-4-3-8-21-19(16)18-11-15(22)14-6-5-13(20(23)24)10-17(14)26-18/h3-6,8,10-12H,7,9H2,1-2H3,(H,23,24). The van der Waals surface area contributed by atoms with Crippen LogP contribution in [0.25, 0.3) is 22.4 Å². The van der Waals surface area contributed by atoms with Crippen LogP contribution < -0.4 is 10.2 Å². The van der Waals surface area contributed by atoms with Crippen molar-refractivity contribution in [2.75, 3.05) is 6.61 Å². The van der Waals surface area contributed by atoms with Gasteiger partial charge in [-0.15, -0.1) is 0 Å². The zero-order chi connectivity index (χ0) is 18.7. The van der Waals surface area contributed by atoms with Crippen molar-refractivity contribution in [2.24, 2.45) is 5.92 Å². The van der Waals surface area contributed by atoms with Crippen LogP contribution in [0.1, 0.15) is 30.6 Å². The number of benzene rings is 1. The second-order valence-electron chi connectivity index (χ2n) is 6.37. The number of nitrogens with zero attached hydrogens (tertiary/aromatic N) is 1. The molecule has 0 fully saturated rings. The van der Waals surface area contributed by atoms with Gasteiger partial charge in [-0.2, -0.15) is 0 Å². The number of hydrogen-bond acceptors (Lipinski definition) is 5. The van der Waals surface area contributed by atoms with Crippen LogP contribution in [0.4, 0.5) is 0 Å². The molecule has 2 aromatic heterocycles. The fourth-order valence-electron chi connectivity index (χ4n) is 2.50. The van der Waals surface area contributed by atoms with E-state index in [4.69, 9.17) is 14.3 Å². The summed E-state index contributed by atoms with van der Waals surface area (Å²) in [6.07, 6.45) is 2.47. The van der Waals surface area contributed by atoms with Crippen molar-refractivity contribution in [2.45, 2.75) is 20.3 Å². The van der Waals surface area contributed by atoms with Gasteiger partial charge < -0.3 is 14.3 Å². The van der Waals surface area contributed by atoms with Crippen molar-refractivity contribution >= 4 is 16.9 Å². The minimum Gasteiger partial charge on any atom is -0.491 e. The maximum absolute atomic E-state index is 12.4. The first kappa shape index (κ1) is 17.7. The quantitative estimate of drug-likeness (QED) is 0.721. The molecular weight excluding hydrogens is 334 g/mol. The molecule has 0 radical (unpaired) electrons. The van der Waals surface area contributed by atoms with Gasteiger partial charge in [-0.25, -0.2) is 9.78 Å². The topological polar surface area (TPSA) is 89.6 Å². The maximum Gasteiger partial charge on any atom is 0.335 e. The Morgan fingerprint density at radius 2 is 2.08 bits per heavy atom. The molecule has 134 valence electrons. The molecule has 1 N–H and O–H groups in total. The van der Waals surface area contributed by atoms with Crippen molar-refractivity contribution in [3.05, 3.63) is 58.4 Å². The third kappa shape index (κ3) is 3.74. The zero-order valence-electron chi connectivity index (χ0n) is 14.6. The molecule has 3 aromatic rings. The Labute approximate surface area is 150 Å². The molecule has 0 bridgehead atoms. The van der Waals surface area contributed by atoms with E-state index >= 15 is 0 Å². The predicted molar refractivity (Wildman–Crippen MR) is 97.6 cm³/mol. The molecule has 0 atom stereocenters. The molecule has 0 spiro atoms. The number of aromatic carboxylic acids is 1. The molecule has 6 nitrogen and oxygen atoms in total. The van der Waals surface area contributed by atoms with Crippen LogP contribution in [0, 0.1) is 5.92 Å². The molecule has 3 rings (SSSR count). The first-order chi connectivity index (χ1) is 12.5. The molecule has 0 saturated heterocycles. The smallest absolute Gasteiger partial charge is 0.335 e. The van der Waals surface area contributed by atoms with E-state index in [0.29, 0.717) is 29.4 Å². The molecule has 26 heavy (non-hydrogen) atoms. The first-order valence-corrected chi connectivity index (χ1v) is 8.35. The second kappa shape index (κ2) is 7.39. The Morgan fingerprint density at radius 1 is 1.27 bits per heavy atom. The average Bonchev–Trinajstić information content (AvgIpc) is 2.61. The van der Waals surface area contributed by atoms with Crippen LogP contribution in [-0.4, -0.2) is 22.7 Å². The van der Waals surface area contributed by atoms with Crippen LogP contribution in [0.15, 0.2) is 51.8 Å². The lowest BCUT2D eigenvalue weighted by molar-refractivity contribution is 0.0697. The summed E-state index contributed by atoms with van der Waals surface area (Å²) in [5, 5.41) is 9.45. The summed E-state index contributed by atoms with van der Waals surface area (Å²) in [4.78, 5) is 27.8. The van der Waals surface area contributed by atoms with Crippen molar-refractivity contribution in [1.29, 1.82) is 0 Å². The average molecular weight is 353 g/mol. The number of rotatable bonds is 6. The SMILES string of the molecule is CC(C)CCOc1cccnc1-c1cc(=O)c2ccc(C(=O)O)cc2o1. The first-order valence-electron chi connectivity index (χ1n) is 8.35. The number of carboxylic acids is 1. The summed E-state index contributed by atoms with van der Waals surface area (Å²) in [5.41, 5.74) is 0.395. The molecule has 0 amide bonds. The van der Waals surface area contributed by atoms with Gasteiger partial charge in [-0.1, -0.05) is 13.8 Å². The van der Waals surface area contributed by atoms with Crippen molar-refractivity contribution in [3.8, 4) is 17.2 Å². The van der Waals surface area contributed by atoms with E-state index in [1.807, 2.05) is 0 Å². The minimum atomic E-state index is -1.09. The Morgan fingerprint density at radius 3 is 2.81 bits per heavy atom. The molecular formula is C20H19NO5. The Balaban J connectivity index is 2.05. The number of hydrogen-bond donors (Lipinski definition) is 1. The van der Waals surface area contributed by atoms with Gasteiger partial charge in [0.2, 0.25) is 0 Å². The van der Waals surface area contributed by atoms with E-state index in [2.05, 4.69) is 18.8 Å². The minimum absolute atomic E-state index is 0.0484.